The molecule has 2 aliphatic heterocycles. The lowest BCUT2D eigenvalue weighted by Crippen LogP contribution is -2.46. The van der Waals surface area contributed by atoms with E-state index in [0.717, 1.165) is 17.1 Å². The van der Waals surface area contributed by atoms with Crippen molar-refractivity contribution in [2.45, 2.75) is 37.6 Å². The third-order valence-corrected chi connectivity index (χ3v) is 5.37. The van der Waals surface area contributed by atoms with Crippen LogP contribution in [0.1, 0.15) is 37.2 Å². The molecule has 0 bridgehead atoms. The molecule has 0 amide bonds. The Hall–Kier alpha value is -1.59. The Morgan fingerprint density at radius 2 is 1.68 bits per heavy atom. The number of likely N-dealkylation sites (tertiary alicyclic amines) is 1. The van der Waals surface area contributed by atoms with E-state index in [4.69, 9.17) is 0 Å². The minimum absolute atomic E-state index is 0.118. The topological polar surface area (TPSA) is 63.9 Å². The van der Waals surface area contributed by atoms with Gasteiger partial charge in [0.05, 0.1) is 11.0 Å². The fraction of sp³-hybridized carbons (Fsp3) is 0.588. The van der Waals surface area contributed by atoms with Gasteiger partial charge in [0, 0.05) is 6.04 Å². The Kier molecular flexibility index (Phi) is 3.76. The summed E-state index contributed by atoms with van der Waals surface area (Å²) in [6, 6.07) is 7.14. The maximum absolute atomic E-state index is 11.4. The first-order valence-corrected chi connectivity index (χ1v) is 8.46. The predicted molar refractivity (Wildman–Crippen MR) is 88.4 cm³/mol. The summed E-state index contributed by atoms with van der Waals surface area (Å²) in [5, 5.41) is 3.45. The Labute approximate surface area is 130 Å². The molecule has 2 saturated heterocycles. The number of fused-ring (bicyclic) bond motifs is 1. The number of hydrogen-bond donors (Lipinski definition) is 3. The maximum atomic E-state index is 11.4. The van der Waals surface area contributed by atoms with Crippen molar-refractivity contribution in [3.05, 3.63) is 34.2 Å². The molecule has 5 heteroatoms. The number of H-pyrrole nitrogens is 2. The average molecular weight is 300 g/mol. The lowest BCUT2D eigenvalue weighted by molar-refractivity contribution is 0.127. The van der Waals surface area contributed by atoms with Crippen LogP contribution in [0, 0.1) is 0 Å². The highest BCUT2D eigenvalue weighted by atomic mass is 16.1. The van der Waals surface area contributed by atoms with E-state index >= 15 is 0 Å². The third kappa shape index (κ3) is 2.71. The molecule has 1 aromatic heterocycles. The summed E-state index contributed by atoms with van der Waals surface area (Å²) in [6.45, 7) is 4.75. The number of aromatic nitrogens is 2. The van der Waals surface area contributed by atoms with Crippen molar-refractivity contribution in [2.75, 3.05) is 26.2 Å². The van der Waals surface area contributed by atoms with Crippen LogP contribution < -0.4 is 11.0 Å². The zero-order chi connectivity index (χ0) is 14.9. The number of nitrogens with zero attached hydrogens (tertiary/aromatic N) is 1. The van der Waals surface area contributed by atoms with Crippen LogP contribution in [0.15, 0.2) is 23.0 Å². The van der Waals surface area contributed by atoms with Crippen molar-refractivity contribution < 1.29 is 0 Å². The van der Waals surface area contributed by atoms with Gasteiger partial charge < -0.3 is 20.2 Å². The lowest BCUT2D eigenvalue weighted by Gasteiger charge is -2.39. The summed E-state index contributed by atoms with van der Waals surface area (Å²) in [5.74, 6) is 0.626. The van der Waals surface area contributed by atoms with Gasteiger partial charge >= 0.3 is 5.69 Å². The van der Waals surface area contributed by atoms with Gasteiger partial charge in [-0.05, 0) is 75.5 Å². The Balaban J connectivity index is 1.44. The molecule has 0 saturated carbocycles. The summed E-state index contributed by atoms with van der Waals surface area (Å²) in [6.07, 6.45) is 5.04. The minimum Gasteiger partial charge on any atom is -0.317 e. The lowest BCUT2D eigenvalue weighted by atomic mass is 9.88. The second-order valence-electron chi connectivity index (χ2n) is 6.68. The molecule has 118 valence electrons. The Morgan fingerprint density at radius 1 is 0.955 bits per heavy atom. The van der Waals surface area contributed by atoms with E-state index in [-0.39, 0.29) is 5.69 Å². The number of nitrogens with one attached hydrogen (secondary N) is 3. The van der Waals surface area contributed by atoms with E-state index in [1.54, 1.807) is 0 Å². The van der Waals surface area contributed by atoms with Crippen LogP contribution in [0.4, 0.5) is 0 Å². The van der Waals surface area contributed by atoms with E-state index < -0.39 is 0 Å². The first kappa shape index (κ1) is 14.0. The van der Waals surface area contributed by atoms with Crippen molar-refractivity contribution >= 4 is 11.0 Å². The number of rotatable bonds is 2. The van der Waals surface area contributed by atoms with E-state index in [1.165, 1.54) is 57.4 Å². The second-order valence-corrected chi connectivity index (χ2v) is 6.68. The van der Waals surface area contributed by atoms with Crippen LogP contribution in [0.2, 0.25) is 0 Å². The molecule has 2 aliphatic rings. The van der Waals surface area contributed by atoms with Gasteiger partial charge in [0.15, 0.2) is 0 Å². The van der Waals surface area contributed by atoms with Crippen LogP contribution in [-0.2, 0) is 0 Å². The Bertz CT molecular complexity index is 690. The van der Waals surface area contributed by atoms with Crippen molar-refractivity contribution in [1.82, 2.24) is 20.2 Å². The van der Waals surface area contributed by atoms with Crippen LogP contribution in [0.25, 0.3) is 11.0 Å². The zero-order valence-electron chi connectivity index (χ0n) is 12.9. The first-order valence-electron chi connectivity index (χ1n) is 8.46. The number of hydrogen-bond acceptors (Lipinski definition) is 3. The number of imidazole rings is 1. The molecule has 4 rings (SSSR count). The first-order chi connectivity index (χ1) is 10.8. The highest BCUT2D eigenvalue weighted by molar-refractivity contribution is 5.75. The van der Waals surface area contributed by atoms with Gasteiger partial charge in [-0.15, -0.1) is 0 Å². The van der Waals surface area contributed by atoms with Gasteiger partial charge in [-0.3, -0.25) is 0 Å². The number of benzene rings is 1. The fourth-order valence-electron chi connectivity index (χ4n) is 4.07. The monoisotopic (exact) mass is 300 g/mol. The summed E-state index contributed by atoms with van der Waals surface area (Å²) < 4.78 is 0. The van der Waals surface area contributed by atoms with Gasteiger partial charge in [0.25, 0.3) is 0 Å². The molecule has 22 heavy (non-hydrogen) atoms. The molecule has 2 aromatic rings. The number of aromatic amines is 2. The standard InChI is InChI=1S/C17H24N4O/c22-17-19-15-2-1-13(11-16(15)20-17)12-5-9-21(10-6-12)14-3-7-18-8-4-14/h1-2,11-12,14,18H,3-10H2,(H2,19,20,22). The third-order valence-electron chi connectivity index (χ3n) is 5.37. The molecule has 2 fully saturated rings. The molecule has 3 N–H and O–H groups in total. The molecule has 0 radical (unpaired) electrons. The maximum Gasteiger partial charge on any atom is 0.323 e. The molecular weight excluding hydrogens is 276 g/mol. The summed E-state index contributed by atoms with van der Waals surface area (Å²) in [7, 11) is 0. The molecule has 0 unspecified atom stereocenters. The van der Waals surface area contributed by atoms with Crippen LogP contribution in [-0.4, -0.2) is 47.1 Å². The van der Waals surface area contributed by atoms with E-state index in [0.29, 0.717) is 5.92 Å². The normalized spacial score (nSPS) is 22.4. The average Bonchev–Trinajstić information content (AvgIpc) is 2.95. The predicted octanol–water partition coefficient (Wildman–Crippen LogP) is 1.79. The van der Waals surface area contributed by atoms with Gasteiger partial charge in [0.1, 0.15) is 0 Å². The molecule has 5 nitrogen and oxygen atoms in total. The summed E-state index contributed by atoms with van der Waals surface area (Å²) >= 11 is 0. The smallest absolute Gasteiger partial charge is 0.317 e. The van der Waals surface area contributed by atoms with E-state index in [9.17, 15) is 4.79 Å². The minimum atomic E-state index is -0.118. The molecule has 3 heterocycles. The van der Waals surface area contributed by atoms with Gasteiger partial charge in [-0.1, -0.05) is 6.07 Å². The van der Waals surface area contributed by atoms with Gasteiger partial charge in [-0.2, -0.15) is 0 Å². The second kappa shape index (κ2) is 5.89. The van der Waals surface area contributed by atoms with E-state index in [2.05, 4.69) is 32.3 Å². The number of piperidine rings is 2. The summed E-state index contributed by atoms with van der Waals surface area (Å²) in [5.41, 5.74) is 3.09. The highest BCUT2D eigenvalue weighted by Crippen LogP contribution is 2.31. The van der Waals surface area contributed by atoms with Crippen LogP contribution in [0.5, 0.6) is 0 Å². The van der Waals surface area contributed by atoms with Crippen molar-refractivity contribution in [2.24, 2.45) is 0 Å². The SMILES string of the molecule is O=c1[nH]c2ccc(C3CCN(C4CCNCC4)CC3)cc2[nH]1. The summed E-state index contributed by atoms with van der Waals surface area (Å²) in [4.78, 5) is 19.7. The molecule has 0 aliphatic carbocycles. The molecule has 0 spiro atoms. The van der Waals surface area contributed by atoms with Gasteiger partial charge in [0.2, 0.25) is 0 Å². The van der Waals surface area contributed by atoms with Gasteiger partial charge in [-0.25, -0.2) is 4.79 Å². The molecular formula is C17H24N4O. The van der Waals surface area contributed by atoms with Crippen molar-refractivity contribution in [1.29, 1.82) is 0 Å². The zero-order valence-corrected chi connectivity index (χ0v) is 12.9. The largest absolute Gasteiger partial charge is 0.323 e. The van der Waals surface area contributed by atoms with Crippen molar-refractivity contribution in [3.8, 4) is 0 Å². The Morgan fingerprint density at radius 3 is 2.45 bits per heavy atom. The fourth-order valence-corrected chi connectivity index (χ4v) is 4.07. The van der Waals surface area contributed by atoms with Crippen molar-refractivity contribution in [3.63, 3.8) is 0 Å². The molecule has 0 atom stereocenters. The van der Waals surface area contributed by atoms with Crippen LogP contribution >= 0.6 is 0 Å². The van der Waals surface area contributed by atoms with E-state index in [1.807, 2.05) is 6.07 Å². The highest BCUT2D eigenvalue weighted by Gasteiger charge is 2.26. The van der Waals surface area contributed by atoms with Crippen LogP contribution in [0.3, 0.4) is 0 Å². The quantitative estimate of drug-likeness (QED) is 0.792. The molecule has 1 aromatic carbocycles.